The fourth-order valence-electron chi connectivity index (χ4n) is 13.8. The Bertz CT molecular complexity index is 2950. The summed E-state index contributed by atoms with van der Waals surface area (Å²) in [7, 11) is -9.82. The van der Waals surface area contributed by atoms with Crippen molar-refractivity contribution >= 4 is 33.6 Å². The van der Waals surface area contributed by atoms with Gasteiger partial charge in [-0.1, -0.05) is 422 Å². The summed E-state index contributed by atoms with van der Waals surface area (Å²) in [4.78, 5) is 59.1. The maximum atomic E-state index is 13.1. The van der Waals surface area contributed by atoms with E-state index < -0.39 is 91.5 Å². The van der Waals surface area contributed by atoms with Crippen LogP contribution in [-0.2, 0) is 55.8 Å². The summed E-state index contributed by atoms with van der Waals surface area (Å²) < 4.78 is 61.6. The zero-order valence-electron chi connectivity index (χ0n) is 79.5. The molecular weight excluding hydrogens is 1600 g/mol. The Morgan fingerprint density at radius 2 is 0.424 bits per heavy atom. The second kappa shape index (κ2) is 98.0. The number of aliphatic hydroxyl groups is 2. The van der Waals surface area contributed by atoms with E-state index in [-0.39, 0.29) is 19.3 Å². The zero-order chi connectivity index (χ0) is 90.7. The van der Waals surface area contributed by atoms with E-state index in [0.717, 1.165) is 154 Å². The molecule has 18 heteroatoms. The van der Waals surface area contributed by atoms with Crippen LogP contribution >= 0.6 is 15.6 Å². The van der Waals surface area contributed by atoms with Crippen molar-refractivity contribution in [3.63, 3.8) is 0 Å². The van der Waals surface area contributed by atoms with Crippen LogP contribution in [0.5, 0.6) is 0 Å². The standard InChI is InChI=1S/C107H184O16P2/c1-4-7-10-13-16-19-22-25-28-31-34-37-39-41-43-45-47-49-50-52-54-55-57-59-61-64-66-69-72-75-78-81-84-87-90-93-105(110)117-96-102(108)97-119-124(113,114)120-98-103(109)99-121-125(115,116)122-101-104(123-107(112)95-92-89-86-83-80-77-74-71-68-63-36-33-30-27-24-21-18-15-12-9-6-3)100-118-106(111)94-91-88-85-82-79-76-73-70-67-65-62-60-58-56-53-51-48-46-44-42-40-38-35-32-29-26-23-20-17-14-11-8-5-2/h7,10,16-21,25-30,34-38,41-44,47,49,63,71,74,102-104,108-109H,4-6,8-9,11-15,22-24,31-33,39-40,45-46,48,50-62,64-70,72-73,75-101H2,1-3H3,(H,113,114)(H,115,116)/b10-7-,19-16-,20-17-,21-18-,28-25-,29-26-,30-27-,37-34-,38-35-,43-41-,44-42-,49-47-,63-36-,74-71-. The van der Waals surface area contributed by atoms with Gasteiger partial charge in [0.2, 0.25) is 0 Å². The molecular formula is C107H184O16P2. The van der Waals surface area contributed by atoms with Crippen molar-refractivity contribution in [1.82, 2.24) is 0 Å². The van der Waals surface area contributed by atoms with Crippen LogP contribution in [-0.4, -0.2) is 95.9 Å². The quantitative estimate of drug-likeness (QED) is 0.0146. The number of carbonyl (C=O) groups excluding carboxylic acids is 3. The van der Waals surface area contributed by atoms with E-state index in [0.29, 0.717) is 19.3 Å². The van der Waals surface area contributed by atoms with Crippen molar-refractivity contribution in [2.24, 2.45) is 0 Å². The first kappa shape index (κ1) is 120. The summed E-state index contributed by atoms with van der Waals surface area (Å²) in [5, 5.41) is 20.8. The Morgan fingerprint density at radius 1 is 0.232 bits per heavy atom. The highest BCUT2D eigenvalue weighted by atomic mass is 31.2. The highest BCUT2D eigenvalue weighted by Crippen LogP contribution is 2.45. The first-order valence-electron chi connectivity index (χ1n) is 50.4. The number of phosphoric acid groups is 2. The van der Waals surface area contributed by atoms with Gasteiger partial charge in [-0.25, -0.2) is 9.13 Å². The third kappa shape index (κ3) is 99.3. The lowest BCUT2D eigenvalue weighted by molar-refractivity contribution is -0.161. The van der Waals surface area contributed by atoms with Crippen molar-refractivity contribution in [3.8, 4) is 0 Å². The van der Waals surface area contributed by atoms with E-state index in [1.54, 1.807) is 0 Å². The lowest BCUT2D eigenvalue weighted by atomic mass is 10.0. The fourth-order valence-corrected chi connectivity index (χ4v) is 15.4. The van der Waals surface area contributed by atoms with Crippen molar-refractivity contribution < 1.29 is 75.8 Å². The monoisotopic (exact) mass is 1790 g/mol. The smallest absolute Gasteiger partial charge is 0.463 e. The van der Waals surface area contributed by atoms with Gasteiger partial charge >= 0.3 is 33.6 Å². The molecule has 5 atom stereocenters. The molecule has 0 radical (unpaired) electrons. The van der Waals surface area contributed by atoms with E-state index >= 15 is 0 Å². The molecule has 0 bridgehead atoms. The van der Waals surface area contributed by atoms with Crippen LogP contribution < -0.4 is 0 Å². The summed E-state index contributed by atoms with van der Waals surface area (Å²) in [6.07, 6.45) is 128. The zero-order valence-corrected chi connectivity index (χ0v) is 81.3. The summed E-state index contributed by atoms with van der Waals surface area (Å²) in [6, 6.07) is 0. The number of hydrogen-bond donors (Lipinski definition) is 4. The van der Waals surface area contributed by atoms with Crippen molar-refractivity contribution in [1.29, 1.82) is 0 Å². The summed E-state index contributed by atoms with van der Waals surface area (Å²) >= 11 is 0. The van der Waals surface area contributed by atoms with E-state index in [1.165, 1.54) is 218 Å². The maximum absolute atomic E-state index is 13.1. The highest BCUT2D eigenvalue weighted by molar-refractivity contribution is 7.47. The highest BCUT2D eigenvalue weighted by Gasteiger charge is 2.30. The maximum Gasteiger partial charge on any atom is 0.472 e. The van der Waals surface area contributed by atoms with Gasteiger partial charge < -0.3 is 34.2 Å². The van der Waals surface area contributed by atoms with Crippen molar-refractivity contribution in [2.45, 2.75) is 450 Å². The molecule has 0 aliphatic rings. The molecule has 0 aliphatic carbocycles. The van der Waals surface area contributed by atoms with Gasteiger partial charge in [0.05, 0.1) is 26.4 Å². The number of rotatable bonds is 95. The molecule has 0 saturated carbocycles. The summed E-state index contributed by atoms with van der Waals surface area (Å²) in [5.41, 5.74) is 0. The van der Waals surface area contributed by atoms with E-state index in [9.17, 15) is 43.5 Å². The Morgan fingerprint density at radius 3 is 0.672 bits per heavy atom. The first-order valence-corrected chi connectivity index (χ1v) is 53.4. The van der Waals surface area contributed by atoms with Gasteiger partial charge in [-0.3, -0.25) is 32.5 Å². The van der Waals surface area contributed by atoms with Gasteiger partial charge in [0.1, 0.15) is 25.4 Å². The second-order valence-electron chi connectivity index (χ2n) is 33.5. The molecule has 0 heterocycles. The minimum atomic E-state index is -4.95. The lowest BCUT2D eigenvalue weighted by Crippen LogP contribution is -2.30. The van der Waals surface area contributed by atoms with E-state index in [1.807, 2.05) is 0 Å². The molecule has 0 aliphatic heterocycles. The molecule has 0 rings (SSSR count). The van der Waals surface area contributed by atoms with Gasteiger partial charge in [-0.05, 0) is 161 Å². The largest absolute Gasteiger partial charge is 0.472 e. The third-order valence-electron chi connectivity index (χ3n) is 21.4. The number of carbonyl (C=O) groups is 3. The lowest BCUT2D eigenvalue weighted by Gasteiger charge is -2.21. The van der Waals surface area contributed by atoms with Crippen molar-refractivity contribution in [3.05, 3.63) is 170 Å². The van der Waals surface area contributed by atoms with Crippen LogP contribution in [0, 0.1) is 0 Å². The molecule has 16 nitrogen and oxygen atoms in total. The normalized spacial score (nSPS) is 14.4. The first-order chi connectivity index (χ1) is 61.2. The molecule has 5 unspecified atom stereocenters. The molecule has 0 fully saturated rings. The Kier molecular flexibility index (Phi) is 94.0. The van der Waals surface area contributed by atoms with Gasteiger partial charge in [0, 0.05) is 19.3 Å². The van der Waals surface area contributed by atoms with Crippen LogP contribution in [0.2, 0.25) is 0 Å². The molecule has 0 aromatic rings. The van der Waals surface area contributed by atoms with Gasteiger partial charge in [0.15, 0.2) is 6.10 Å². The van der Waals surface area contributed by atoms with E-state index in [2.05, 4.69) is 191 Å². The van der Waals surface area contributed by atoms with Gasteiger partial charge in [-0.2, -0.15) is 0 Å². The average Bonchev–Trinajstić information content (AvgIpc) is 0.895. The molecule has 0 spiro atoms. The molecule has 125 heavy (non-hydrogen) atoms. The number of allylic oxidation sites excluding steroid dienone is 28. The molecule has 0 aromatic carbocycles. The minimum Gasteiger partial charge on any atom is -0.463 e. The number of unbranched alkanes of at least 4 members (excludes halogenated alkanes) is 44. The molecule has 0 aromatic heterocycles. The van der Waals surface area contributed by atoms with Gasteiger partial charge in [-0.15, -0.1) is 0 Å². The molecule has 0 saturated heterocycles. The third-order valence-corrected chi connectivity index (χ3v) is 23.3. The summed E-state index contributed by atoms with van der Waals surface area (Å²) in [5.74, 6) is -1.58. The predicted octanol–water partition coefficient (Wildman–Crippen LogP) is 31.8. The average molecular weight is 1790 g/mol. The number of hydrogen-bond acceptors (Lipinski definition) is 14. The number of phosphoric ester groups is 2. The van der Waals surface area contributed by atoms with Gasteiger partial charge in [0.25, 0.3) is 0 Å². The van der Waals surface area contributed by atoms with E-state index in [4.69, 9.17) is 32.3 Å². The van der Waals surface area contributed by atoms with Crippen LogP contribution in [0.25, 0.3) is 0 Å². The summed E-state index contributed by atoms with van der Waals surface area (Å²) in [6.45, 7) is 2.55. The van der Waals surface area contributed by atoms with Crippen LogP contribution in [0.3, 0.4) is 0 Å². The Balaban J connectivity index is 4.53. The number of aliphatic hydroxyl groups excluding tert-OH is 2. The Hall–Kier alpha value is -5.09. The topological polar surface area (TPSA) is 231 Å². The predicted molar refractivity (Wildman–Crippen MR) is 528 cm³/mol. The fraction of sp³-hybridized carbons (Fsp3) is 0.710. The van der Waals surface area contributed by atoms with Crippen LogP contribution in [0.4, 0.5) is 0 Å². The molecule has 4 N–H and O–H groups in total. The number of esters is 3. The molecule has 0 amide bonds. The minimum absolute atomic E-state index is 0.0818. The van der Waals surface area contributed by atoms with Crippen LogP contribution in [0.15, 0.2) is 170 Å². The SMILES string of the molecule is CC/C=C\C/C=C\C/C=C\C/C=C\C/C=C\C/C=C\CCCCCCCCCCCCCCCCCCC(=O)OCC(O)COP(=O)(O)OCC(O)COP(=O)(O)OCC(COC(=O)CCCCCCCCCCCCCCCCCCC/C=C\C/C=C\C/C=C\C/C=C\CCCCC)OC(=O)CCCCCCC/C=C\C/C=C\C/C=C\C/C=C\CCCCC. The molecule has 718 valence electrons. The van der Waals surface area contributed by atoms with Crippen molar-refractivity contribution in [2.75, 3.05) is 39.6 Å². The second-order valence-corrected chi connectivity index (χ2v) is 36.5. The Labute approximate surface area is 764 Å². The van der Waals surface area contributed by atoms with Crippen LogP contribution in [0.1, 0.15) is 432 Å². The number of ether oxygens (including phenoxy) is 3.